The number of hydrogen-bond acceptors (Lipinski definition) is 2. The molecular weight excluding hydrogens is 210 g/mol. The van der Waals surface area contributed by atoms with Crippen LogP contribution in [0.25, 0.3) is 0 Å². The van der Waals surface area contributed by atoms with Crippen molar-refractivity contribution in [3.05, 3.63) is 0 Å². The predicted octanol–water partition coefficient (Wildman–Crippen LogP) is 3.22. The maximum Gasteiger partial charge on any atom is 0.0672 e. The molecule has 2 nitrogen and oxygen atoms in total. The SMILES string of the molecule is CNCC1(CCC(C)(C)C)CCOC1C1CC1. The summed E-state index contributed by atoms with van der Waals surface area (Å²) in [6, 6.07) is 0. The fourth-order valence-electron chi connectivity index (χ4n) is 3.26. The maximum absolute atomic E-state index is 6.07. The Labute approximate surface area is 107 Å². The average molecular weight is 239 g/mol. The van der Waals surface area contributed by atoms with Gasteiger partial charge in [0.2, 0.25) is 0 Å². The van der Waals surface area contributed by atoms with E-state index in [1.165, 1.54) is 32.1 Å². The van der Waals surface area contributed by atoms with E-state index in [1.54, 1.807) is 0 Å². The van der Waals surface area contributed by atoms with Crippen molar-refractivity contribution in [3.8, 4) is 0 Å². The summed E-state index contributed by atoms with van der Waals surface area (Å²) in [5.74, 6) is 0.866. The molecule has 0 spiro atoms. The van der Waals surface area contributed by atoms with Crippen LogP contribution in [0.3, 0.4) is 0 Å². The van der Waals surface area contributed by atoms with Crippen LogP contribution in [0.1, 0.15) is 52.9 Å². The Morgan fingerprint density at radius 3 is 2.53 bits per heavy atom. The van der Waals surface area contributed by atoms with E-state index in [1.807, 2.05) is 0 Å². The third-order valence-corrected chi connectivity index (χ3v) is 4.45. The molecule has 0 aromatic heterocycles. The van der Waals surface area contributed by atoms with E-state index in [0.29, 0.717) is 16.9 Å². The lowest BCUT2D eigenvalue weighted by atomic mass is 9.72. The molecule has 2 fully saturated rings. The van der Waals surface area contributed by atoms with Gasteiger partial charge in [0.05, 0.1) is 6.10 Å². The summed E-state index contributed by atoms with van der Waals surface area (Å²) >= 11 is 0. The van der Waals surface area contributed by atoms with E-state index in [0.717, 1.165) is 19.1 Å². The fraction of sp³-hybridized carbons (Fsp3) is 1.00. The monoisotopic (exact) mass is 239 g/mol. The molecule has 1 saturated carbocycles. The number of nitrogens with one attached hydrogen (secondary N) is 1. The second-order valence-electron chi connectivity index (χ2n) is 7.33. The molecule has 2 heteroatoms. The molecule has 2 unspecified atom stereocenters. The number of hydrogen-bond donors (Lipinski definition) is 1. The van der Waals surface area contributed by atoms with Crippen molar-refractivity contribution >= 4 is 0 Å². The van der Waals surface area contributed by atoms with Crippen molar-refractivity contribution in [2.45, 2.75) is 59.0 Å². The van der Waals surface area contributed by atoms with Crippen LogP contribution in [-0.4, -0.2) is 26.3 Å². The van der Waals surface area contributed by atoms with E-state index in [4.69, 9.17) is 4.74 Å². The molecule has 0 aromatic rings. The lowest BCUT2D eigenvalue weighted by Gasteiger charge is -2.36. The van der Waals surface area contributed by atoms with Crippen molar-refractivity contribution < 1.29 is 4.74 Å². The van der Waals surface area contributed by atoms with Crippen LogP contribution in [0.15, 0.2) is 0 Å². The molecule has 1 aliphatic carbocycles. The van der Waals surface area contributed by atoms with Crippen molar-refractivity contribution in [3.63, 3.8) is 0 Å². The summed E-state index contributed by atoms with van der Waals surface area (Å²) in [5.41, 5.74) is 0.862. The second kappa shape index (κ2) is 4.89. The molecule has 2 aliphatic rings. The molecule has 0 aromatic carbocycles. The lowest BCUT2D eigenvalue weighted by molar-refractivity contribution is 0.0223. The summed E-state index contributed by atoms with van der Waals surface area (Å²) in [4.78, 5) is 0. The average Bonchev–Trinajstić information content (AvgIpc) is 2.98. The fourth-order valence-corrected chi connectivity index (χ4v) is 3.26. The summed E-state index contributed by atoms with van der Waals surface area (Å²) in [6.07, 6.45) is 7.21. The zero-order chi connectivity index (χ0) is 12.5. The smallest absolute Gasteiger partial charge is 0.0672 e. The minimum Gasteiger partial charge on any atom is -0.377 e. The first kappa shape index (κ1) is 13.4. The Morgan fingerprint density at radius 1 is 1.29 bits per heavy atom. The molecule has 1 saturated heterocycles. The van der Waals surface area contributed by atoms with E-state index in [-0.39, 0.29) is 0 Å². The van der Waals surface area contributed by atoms with Crippen molar-refractivity contribution in [2.75, 3.05) is 20.2 Å². The molecule has 0 bridgehead atoms. The summed E-state index contributed by atoms with van der Waals surface area (Å²) in [5, 5.41) is 3.42. The molecule has 1 aliphatic heterocycles. The summed E-state index contributed by atoms with van der Waals surface area (Å²) < 4.78 is 6.07. The quantitative estimate of drug-likeness (QED) is 0.795. The molecule has 2 atom stereocenters. The summed E-state index contributed by atoms with van der Waals surface area (Å²) in [6.45, 7) is 9.16. The molecule has 0 radical (unpaired) electrons. The molecule has 17 heavy (non-hydrogen) atoms. The van der Waals surface area contributed by atoms with Gasteiger partial charge >= 0.3 is 0 Å². The highest BCUT2D eigenvalue weighted by atomic mass is 16.5. The topological polar surface area (TPSA) is 21.3 Å². The minimum absolute atomic E-state index is 0.420. The predicted molar refractivity (Wildman–Crippen MR) is 72.1 cm³/mol. The van der Waals surface area contributed by atoms with Gasteiger partial charge in [0.25, 0.3) is 0 Å². The molecule has 100 valence electrons. The van der Waals surface area contributed by atoms with Crippen LogP contribution >= 0.6 is 0 Å². The van der Waals surface area contributed by atoms with Crippen LogP contribution in [-0.2, 0) is 4.74 Å². The normalized spacial score (nSPS) is 34.2. The highest BCUT2D eigenvalue weighted by Gasteiger charge is 2.50. The molecular formula is C15H29NO. The van der Waals surface area contributed by atoms with Gasteiger partial charge in [0, 0.05) is 18.6 Å². The van der Waals surface area contributed by atoms with Crippen LogP contribution in [0.2, 0.25) is 0 Å². The van der Waals surface area contributed by atoms with Gasteiger partial charge in [-0.3, -0.25) is 0 Å². The summed E-state index contributed by atoms with van der Waals surface area (Å²) in [7, 11) is 2.08. The second-order valence-corrected chi connectivity index (χ2v) is 7.33. The van der Waals surface area contributed by atoms with Crippen LogP contribution in [0.5, 0.6) is 0 Å². The van der Waals surface area contributed by atoms with Gasteiger partial charge in [0.15, 0.2) is 0 Å². The highest BCUT2D eigenvalue weighted by molar-refractivity contribution is 5.00. The van der Waals surface area contributed by atoms with Gasteiger partial charge in [0.1, 0.15) is 0 Å². The highest BCUT2D eigenvalue weighted by Crippen LogP contribution is 2.50. The largest absolute Gasteiger partial charge is 0.377 e. The van der Waals surface area contributed by atoms with Gasteiger partial charge < -0.3 is 10.1 Å². The number of ether oxygens (including phenoxy) is 1. The van der Waals surface area contributed by atoms with E-state index < -0.39 is 0 Å². The van der Waals surface area contributed by atoms with E-state index >= 15 is 0 Å². The van der Waals surface area contributed by atoms with Crippen LogP contribution in [0.4, 0.5) is 0 Å². The van der Waals surface area contributed by atoms with Gasteiger partial charge in [-0.1, -0.05) is 20.8 Å². The van der Waals surface area contributed by atoms with Crippen LogP contribution < -0.4 is 5.32 Å². The molecule has 1 heterocycles. The van der Waals surface area contributed by atoms with Crippen molar-refractivity contribution in [1.29, 1.82) is 0 Å². The van der Waals surface area contributed by atoms with Crippen LogP contribution in [0, 0.1) is 16.7 Å². The Morgan fingerprint density at radius 2 is 2.00 bits per heavy atom. The van der Waals surface area contributed by atoms with E-state index in [2.05, 4.69) is 33.1 Å². The molecule has 2 rings (SSSR count). The third-order valence-electron chi connectivity index (χ3n) is 4.45. The maximum atomic E-state index is 6.07. The zero-order valence-electron chi connectivity index (χ0n) is 12.0. The lowest BCUT2D eigenvalue weighted by Crippen LogP contribution is -2.41. The van der Waals surface area contributed by atoms with Gasteiger partial charge in [-0.05, 0) is 50.5 Å². The van der Waals surface area contributed by atoms with E-state index in [9.17, 15) is 0 Å². The first-order valence-corrected chi connectivity index (χ1v) is 7.23. The Bertz CT molecular complexity index is 254. The molecule has 0 amide bonds. The van der Waals surface area contributed by atoms with Crippen molar-refractivity contribution in [1.82, 2.24) is 5.32 Å². The number of rotatable bonds is 5. The Hall–Kier alpha value is -0.0800. The first-order chi connectivity index (χ1) is 7.97. The first-order valence-electron chi connectivity index (χ1n) is 7.23. The van der Waals surface area contributed by atoms with Gasteiger partial charge in [-0.2, -0.15) is 0 Å². The zero-order valence-corrected chi connectivity index (χ0v) is 12.0. The minimum atomic E-state index is 0.420. The Kier molecular flexibility index (Phi) is 3.84. The van der Waals surface area contributed by atoms with Gasteiger partial charge in [-0.25, -0.2) is 0 Å². The van der Waals surface area contributed by atoms with Gasteiger partial charge in [-0.15, -0.1) is 0 Å². The molecule has 1 N–H and O–H groups in total. The van der Waals surface area contributed by atoms with Crippen molar-refractivity contribution in [2.24, 2.45) is 16.7 Å². The Balaban J connectivity index is 2.02. The standard InChI is InChI=1S/C15H29NO/c1-14(2,3)7-8-15(11-16-4)9-10-17-13(15)12-5-6-12/h12-13,16H,5-11H2,1-4H3. The third kappa shape index (κ3) is 3.23.